The molecule has 5 N–H and O–H groups in total. The molecule has 0 aliphatic carbocycles. The molecule has 47 heavy (non-hydrogen) atoms. The normalized spacial score (nSPS) is 22.2. The van der Waals surface area contributed by atoms with Gasteiger partial charge in [0.1, 0.15) is 16.9 Å². The molecule has 4 atom stereocenters. The number of amidine groups is 1. The van der Waals surface area contributed by atoms with Crippen LogP contribution in [0, 0.1) is 29.9 Å². The minimum absolute atomic E-state index is 0. The largest absolute Gasteiger partial charge is 1.00 e. The molecule has 10 nitrogen and oxygen atoms in total. The summed E-state index contributed by atoms with van der Waals surface area (Å²) in [5.41, 5.74) is 9.07. The number of ether oxygens (including phenoxy) is 1. The van der Waals surface area contributed by atoms with E-state index in [0.29, 0.717) is 46.4 Å². The zero-order chi connectivity index (χ0) is 32.7. The van der Waals surface area contributed by atoms with Gasteiger partial charge in [0, 0.05) is 49.3 Å². The van der Waals surface area contributed by atoms with Gasteiger partial charge in [0.15, 0.2) is 0 Å². The molecule has 6 rings (SSSR count). The second kappa shape index (κ2) is 15.1. The number of hydrogen-bond donors (Lipinski definition) is 4. The number of halogens is 1. The zero-order valence-corrected chi connectivity index (χ0v) is 31.1. The number of nitriles is 1. The fourth-order valence-corrected chi connectivity index (χ4v) is 7.60. The monoisotopic (exact) mass is 680 g/mol. The van der Waals surface area contributed by atoms with Gasteiger partial charge in [0.25, 0.3) is 0 Å². The Bertz CT molecular complexity index is 1750. The zero-order valence-electron chi connectivity index (χ0n) is 27.2. The Morgan fingerprint density at radius 2 is 2.13 bits per heavy atom. The number of anilines is 1. The first-order valence-electron chi connectivity index (χ1n) is 15.5. The Morgan fingerprint density at radius 1 is 1.36 bits per heavy atom. The average Bonchev–Trinajstić information content (AvgIpc) is 3.74. The number of fused-ring (bicyclic) bond motifs is 2. The van der Waals surface area contributed by atoms with Crippen LogP contribution in [0.15, 0.2) is 17.1 Å². The van der Waals surface area contributed by atoms with Gasteiger partial charge in [-0.25, -0.2) is 4.39 Å². The Hall–Kier alpha value is -2.19. The molecule has 0 saturated carbocycles. The van der Waals surface area contributed by atoms with Crippen molar-refractivity contribution >= 4 is 46.0 Å². The third kappa shape index (κ3) is 7.11. The fourth-order valence-electron chi connectivity index (χ4n) is 6.65. The van der Waals surface area contributed by atoms with E-state index in [9.17, 15) is 19.6 Å². The summed E-state index contributed by atoms with van der Waals surface area (Å²) in [6.45, 7) is 8.49. The molecule has 1 aromatic heterocycles. The SMILES string of the molecule is [B]C(C)CNC1CCN([CH-]/N=C(/NC2CCCN(C)C2=O)c2[c-]c(O)c(-c3ccc(F)c4sc(N)c(C#N)c34)c3c2COC3)C1C.[K+]. The third-order valence-electron chi connectivity index (χ3n) is 9.19. The summed E-state index contributed by atoms with van der Waals surface area (Å²) in [4.78, 5) is 21.9. The quantitative estimate of drug-likeness (QED) is 0.119. The van der Waals surface area contributed by atoms with Crippen LogP contribution in [0.4, 0.5) is 9.39 Å². The molecule has 1 amide bonds. The maximum Gasteiger partial charge on any atom is 1.00 e. The van der Waals surface area contributed by atoms with E-state index in [4.69, 9.17) is 23.3 Å². The molecule has 4 unspecified atom stereocenters. The number of carbonyl (C=O) groups is 1. The van der Waals surface area contributed by atoms with Crippen molar-refractivity contribution in [3.63, 3.8) is 0 Å². The summed E-state index contributed by atoms with van der Waals surface area (Å²) in [7, 11) is 7.75. The van der Waals surface area contributed by atoms with Crippen molar-refractivity contribution in [1.82, 2.24) is 20.4 Å². The number of benzene rings is 2. The number of nitrogens with two attached hydrogens (primary N) is 1. The van der Waals surface area contributed by atoms with Crippen LogP contribution in [-0.2, 0) is 22.7 Å². The van der Waals surface area contributed by atoms with Crippen LogP contribution in [0.2, 0.25) is 5.82 Å². The number of piperidine rings is 1. The van der Waals surface area contributed by atoms with Crippen LogP contribution < -0.4 is 67.8 Å². The number of amides is 1. The first-order chi connectivity index (χ1) is 22.1. The number of phenols is 1. The Morgan fingerprint density at radius 3 is 2.87 bits per heavy atom. The number of phenolic OH excluding ortho intramolecular Hbond substituents is 1. The smallest absolute Gasteiger partial charge is 0.527 e. The van der Waals surface area contributed by atoms with Crippen LogP contribution >= 0.6 is 11.3 Å². The van der Waals surface area contributed by atoms with Crippen molar-refractivity contribution in [3.8, 4) is 22.9 Å². The van der Waals surface area contributed by atoms with Gasteiger partial charge in [-0.1, -0.05) is 48.2 Å². The predicted octanol–water partition coefficient (Wildman–Crippen LogP) is 0.807. The van der Waals surface area contributed by atoms with E-state index >= 15 is 0 Å². The fraction of sp³-hybridized carbons (Fsp3) is 0.455. The summed E-state index contributed by atoms with van der Waals surface area (Å²) in [5.74, 6) is -0.270. The number of nitrogens with zero attached hydrogens (tertiary/aromatic N) is 4. The van der Waals surface area contributed by atoms with Gasteiger partial charge < -0.3 is 41.0 Å². The number of likely N-dealkylation sites (tertiary alicyclic amines) is 2. The molecule has 3 aliphatic heterocycles. The van der Waals surface area contributed by atoms with Gasteiger partial charge in [0.2, 0.25) is 5.91 Å². The Labute approximate surface area is 322 Å². The van der Waals surface area contributed by atoms with E-state index in [0.717, 1.165) is 42.8 Å². The summed E-state index contributed by atoms with van der Waals surface area (Å²) in [6, 6.07) is 8.01. The molecular formula is C33H37BFKN7O3S-. The van der Waals surface area contributed by atoms with Crippen molar-refractivity contribution in [2.24, 2.45) is 4.99 Å². The maximum atomic E-state index is 14.9. The van der Waals surface area contributed by atoms with Gasteiger partial charge in [0.05, 0.1) is 30.8 Å². The van der Waals surface area contributed by atoms with Crippen molar-refractivity contribution < 1.29 is 70.4 Å². The number of carbonyl (C=O) groups excluding carboxylic acids is 1. The number of aliphatic imine (C=N–C) groups is 1. The number of thiophene rings is 1. The average molecular weight is 681 g/mol. The molecular weight excluding hydrogens is 643 g/mol. The van der Waals surface area contributed by atoms with E-state index in [1.165, 1.54) is 6.07 Å². The van der Waals surface area contributed by atoms with Crippen molar-refractivity contribution in [3.05, 3.63) is 52.9 Å². The van der Waals surface area contributed by atoms with Crippen LogP contribution in [0.25, 0.3) is 21.2 Å². The van der Waals surface area contributed by atoms with Gasteiger partial charge in [-0.2, -0.15) is 5.26 Å². The van der Waals surface area contributed by atoms with Crippen molar-refractivity contribution in [2.75, 3.05) is 32.4 Å². The minimum Gasteiger partial charge on any atom is -0.527 e. The van der Waals surface area contributed by atoms with E-state index in [2.05, 4.69) is 34.6 Å². The van der Waals surface area contributed by atoms with Crippen molar-refractivity contribution in [1.29, 1.82) is 5.26 Å². The van der Waals surface area contributed by atoms with Gasteiger partial charge >= 0.3 is 51.4 Å². The van der Waals surface area contributed by atoms with Crippen LogP contribution in [0.3, 0.4) is 0 Å². The molecule has 14 heteroatoms. The second-order valence-electron chi connectivity index (χ2n) is 12.4. The molecule has 2 aromatic carbocycles. The predicted molar refractivity (Wildman–Crippen MR) is 178 cm³/mol. The van der Waals surface area contributed by atoms with E-state index < -0.39 is 11.9 Å². The first kappa shape index (κ1) is 36.1. The molecule has 2 fully saturated rings. The molecule has 3 aliphatic rings. The number of nitrogen functional groups attached to an aromatic ring is 1. The maximum absolute atomic E-state index is 14.9. The standard InChI is InChI=1S/C33H37BFN7O3S.K/c1-17(34)13-38-25-8-10-42(18(25)2)16-39-32(40-26-5-4-9-41(3)33(26)44)20-11-27(43)28(23-15-45-14-22(20)23)19-6-7-24(35)30-29(19)21(12-36)31(37)46-30;/h6-7,16-18,25-26,38,43H,4-5,8-10,13-15,37H2,1-3H3,(H,39,40);/q-2;+1. The third-order valence-corrected chi connectivity index (χ3v) is 10.2. The topological polar surface area (TPSA) is 139 Å². The number of aromatic hydroxyl groups is 1. The van der Waals surface area contributed by atoms with E-state index in [-0.39, 0.29) is 109 Å². The molecule has 2 saturated heterocycles. The van der Waals surface area contributed by atoms with Crippen LogP contribution in [0.1, 0.15) is 55.4 Å². The minimum atomic E-state index is -0.501. The molecule has 2 radical (unpaired) electrons. The summed E-state index contributed by atoms with van der Waals surface area (Å²) in [6.07, 6.45) is 2.41. The number of hydrogen-bond acceptors (Lipinski definition) is 9. The van der Waals surface area contributed by atoms with Gasteiger partial charge in [-0.3, -0.25) is 4.79 Å². The number of likely N-dealkylation sites (N-methyl/N-ethyl adjacent to an activating group) is 1. The van der Waals surface area contributed by atoms with Gasteiger partial charge in [-0.05, 0) is 50.9 Å². The molecule has 3 aromatic rings. The summed E-state index contributed by atoms with van der Waals surface area (Å²) in [5, 5.41) is 28.9. The number of rotatable bonds is 8. The van der Waals surface area contributed by atoms with Crippen LogP contribution in [0.5, 0.6) is 5.75 Å². The van der Waals surface area contributed by atoms with Gasteiger partial charge in [-0.15, -0.1) is 16.9 Å². The Balaban J connectivity index is 0.00000433. The van der Waals surface area contributed by atoms with Crippen molar-refractivity contribution in [2.45, 2.75) is 70.3 Å². The molecule has 0 spiro atoms. The second-order valence-corrected chi connectivity index (χ2v) is 13.4. The van der Waals surface area contributed by atoms with E-state index in [1.807, 2.05) is 6.92 Å². The summed E-state index contributed by atoms with van der Waals surface area (Å²) < 4.78 is 21.0. The summed E-state index contributed by atoms with van der Waals surface area (Å²) >= 11 is 1.00. The first-order valence-corrected chi connectivity index (χ1v) is 16.4. The Kier molecular flexibility index (Phi) is 11.6. The number of nitrogens with one attached hydrogen (secondary N) is 2. The van der Waals surface area contributed by atoms with E-state index in [1.54, 1.807) is 24.7 Å². The van der Waals surface area contributed by atoms with Crippen LogP contribution in [-0.4, -0.2) is 79.3 Å². The molecule has 240 valence electrons. The molecule has 4 heterocycles. The molecule has 0 bridgehead atoms.